The highest BCUT2D eigenvalue weighted by Crippen LogP contribution is 2.35. The Morgan fingerprint density at radius 1 is 0.553 bits per heavy atom. The van der Waals surface area contributed by atoms with Crippen LogP contribution in [-0.4, -0.2) is 55.8 Å². The predicted octanol–water partition coefficient (Wildman–Crippen LogP) is 7.51. The van der Waals surface area contributed by atoms with Crippen LogP contribution >= 0.6 is 11.3 Å². The molecule has 5 rings (SSSR count). The molecule has 0 radical (unpaired) electrons. The van der Waals surface area contributed by atoms with Gasteiger partial charge in [0.2, 0.25) is 0 Å². The van der Waals surface area contributed by atoms with E-state index in [9.17, 15) is 10.2 Å². The number of benzene rings is 4. The van der Waals surface area contributed by atoms with Gasteiger partial charge in [-0.3, -0.25) is 0 Å². The number of methoxy groups -OCH3 is 4. The Bertz CT molecular complexity index is 1630. The molecule has 0 fully saturated rings. The lowest BCUT2D eigenvalue weighted by Crippen LogP contribution is -2.21. The summed E-state index contributed by atoms with van der Waals surface area (Å²) >= 11 is 1.55. The first-order valence-corrected chi connectivity index (χ1v) is 15.9. The zero-order valence-corrected chi connectivity index (χ0v) is 28.0. The van der Waals surface area contributed by atoms with E-state index in [1.807, 2.05) is 67.8 Å². The van der Waals surface area contributed by atoms with Crippen LogP contribution in [0.2, 0.25) is 0 Å². The second-order valence-corrected chi connectivity index (χ2v) is 11.7. The smallest absolute Gasteiger partial charge is 0.161 e. The van der Waals surface area contributed by atoms with E-state index in [-0.39, 0.29) is 0 Å². The fourth-order valence-corrected chi connectivity index (χ4v) is 5.93. The summed E-state index contributed by atoms with van der Waals surface area (Å²) in [6, 6.07) is 25.9. The molecule has 47 heavy (non-hydrogen) atoms. The molecule has 9 nitrogen and oxygen atoms in total. The SMILES string of the molecule is COc1ccc(C(O)C(C)Oc2ccc(-c3csc(-c4ccc(OC(C)C(O)c5ccc(OC)c(OC)c5)cc4)n3)cc2)cc1OC. The molecule has 4 aromatic carbocycles. The standard InChI is InChI=1S/C37H39NO8S/c1-22(35(39)26-11-17-31(41-3)33(19-26)43-5)45-28-13-7-24(8-14-28)30-21-47-37(38-30)25-9-15-29(16-10-25)46-23(2)36(40)27-12-18-32(42-4)34(20-27)44-6/h7-23,35-36,39-40H,1-6H3. The maximum Gasteiger partial charge on any atom is 0.161 e. The van der Waals surface area contributed by atoms with E-state index in [0.29, 0.717) is 45.6 Å². The quantitative estimate of drug-likeness (QED) is 0.125. The van der Waals surface area contributed by atoms with E-state index < -0.39 is 24.4 Å². The molecule has 2 N–H and O–H groups in total. The predicted molar refractivity (Wildman–Crippen MR) is 182 cm³/mol. The third kappa shape index (κ3) is 7.79. The third-order valence-corrected chi connectivity index (χ3v) is 8.68. The normalized spacial score (nSPS) is 13.6. The summed E-state index contributed by atoms with van der Waals surface area (Å²) < 4.78 is 33.4. The van der Waals surface area contributed by atoms with Crippen molar-refractivity contribution in [3.05, 3.63) is 101 Å². The van der Waals surface area contributed by atoms with Gasteiger partial charge in [-0.2, -0.15) is 0 Å². The van der Waals surface area contributed by atoms with Crippen LogP contribution in [-0.2, 0) is 0 Å². The van der Waals surface area contributed by atoms with Gasteiger partial charge in [0, 0.05) is 16.5 Å². The van der Waals surface area contributed by atoms with Crippen LogP contribution in [0.3, 0.4) is 0 Å². The molecule has 246 valence electrons. The number of nitrogens with zero attached hydrogens (tertiary/aromatic N) is 1. The number of hydrogen-bond acceptors (Lipinski definition) is 10. The van der Waals surface area contributed by atoms with Crippen molar-refractivity contribution in [1.29, 1.82) is 0 Å². The molecule has 10 heteroatoms. The Morgan fingerprint density at radius 3 is 1.40 bits per heavy atom. The van der Waals surface area contributed by atoms with Crippen molar-refractivity contribution >= 4 is 11.3 Å². The highest BCUT2D eigenvalue weighted by Gasteiger charge is 2.22. The average molecular weight is 658 g/mol. The van der Waals surface area contributed by atoms with E-state index in [1.165, 1.54) is 0 Å². The van der Waals surface area contributed by atoms with Gasteiger partial charge in [0.25, 0.3) is 0 Å². The Morgan fingerprint density at radius 2 is 0.979 bits per heavy atom. The largest absolute Gasteiger partial charge is 0.493 e. The van der Waals surface area contributed by atoms with Gasteiger partial charge < -0.3 is 38.6 Å². The van der Waals surface area contributed by atoms with Crippen molar-refractivity contribution < 1.29 is 38.6 Å². The molecule has 0 saturated carbocycles. The number of aliphatic hydroxyl groups is 2. The lowest BCUT2D eigenvalue weighted by Gasteiger charge is -2.22. The van der Waals surface area contributed by atoms with Crippen molar-refractivity contribution in [1.82, 2.24) is 4.98 Å². The van der Waals surface area contributed by atoms with Gasteiger partial charge in [0.05, 0.1) is 34.1 Å². The molecule has 0 aliphatic carbocycles. The summed E-state index contributed by atoms with van der Waals surface area (Å²) in [6.45, 7) is 3.64. The molecule has 0 spiro atoms. The first kappa shape index (κ1) is 33.6. The lowest BCUT2D eigenvalue weighted by molar-refractivity contribution is 0.0466. The fraction of sp³-hybridized carbons (Fsp3) is 0.270. The molecule has 4 unspecified atom stereocenters. The summed E-state index contributed by atoms with van der Waals surface area (Å²) in [6.07, 6.45) is -2.74. The minimum absolute atomic E-state index is 0.505. The van der Waals surface area contributed by atoms with Crippen molar-refractivity contribution in [3.63, 3.8) is 0 Å². The number of ether oxygens (including phenoxy) is 6. The maximum atomic E-state index is 10.9. The minimum Gasteiger partial charge on any atom is -0.493 e. The molecule has 1 heterocycles. The highest BCUT2D eigenvalue weighted by atomic mass is 32.1. The van der Waals surface area contributed by atoms with E-state index >= 15 is 0 Å². The van der Waals surface area contributed by atoms with Crippen molar-refractivity contribution in [3.8, 4) is 56.3 Å². The average Bonchev–Trinajstić information content (AvgIpc) is 3.61. The van der Waals surface area contributed by atoms with Gasteiger partial charge in [-0.1, -0.05) is 12.1 Å². The molecule has 0 amide bonds. The van der Waals surface area contributed by atoms with Gasteiger partial charge in [-0.15, -0.1) is 11.3 Å². The van der Waals surface area contributed by atoms with Gasteiger partial charge in [0.1, 0.15) is 40.9 Å². The topological polar surface area (TPSA) is 109 Å². The zero-order valence-electron chi connectivity index (χ0n) is 27.2. The van der Waals surface area contributed by atoms with Crippen molar-refractivity contribution in [2.75, 3.05) is 28.4 Å². The second kappa shape index (κ2) is 15.2. The molecule has 0 aliphatic rings. The van der Waals surface area contributed by atoms with Gasteiger partial charge in [-0.05, 0) is 97.8 Å². The van der Waals surface area contributed by atoms with Crippen LogP contribution in [0.4, 0.5) is 0 Å². The molecule has 1 aromatic heterocycles. The second-order valence-electron chi connectivity index (χ2n) is 10.9. The first-order chi connectivity index (χ1) is 22.7. The van der Waals surface area contributed by atoms with Crippen LogP contribution in [0.5, 0.6) is 34.5 Å². The maximum absolute atomic E-state index is 10.9. The number of aromatic nitrogens is 1. The molecule has 0 aliphatic heterocycles. The number of hydrogen-bond donors (Lipinski definition) is 2. The van der Waals surface area contributed by atoms with E-state index in [0.717, 1.165) is 21.8 Å². The first-order valence-electron chi connectivity index (χ1n) is 15.0. The van der Waals surface area contributed by atoms with Crippen molar-refractivity contribution in [2.45, 2.75) is 38.3 Å². The van der Waals surface area contributed by atoms with E-state index in [4.69, 9.17) is 33.4 Å². The third-order valence-electron chi connectivity index (χ3n) is 7.79. The molecule has 5 aromatic rings. The summed E-state index contributed by atoms with van der Waals surface area (Å²) in [5, 5.41) is 24.7. The van der Waals surface area contributed by atoms with Crippen LogP contribution in [0, 0.1) is 0 Å². The lowest BCUT2D eigenvalue weighted by atomic mass is 10.0. The molecule has 0 saturated heterocycles. The van der Waals surface area contributed by atoms with E-state index in [1.54, 1.807) is 76.2 Å². The minimum atomic E-state index is -0.863. The van der Waals surface area contributed by atoms with E-state index in [2.05, 4.69) is 0 Å². The Hall–Kier alpha value is -4.77. The molecule has 0 bridgehead atoms. The summed E-state index contributed by atoms with van der Waals surface area (Å²) in [4.78, 5) is 4.84. The van der Waals surface area contributed by atoms with Crippen LogP contribution in [0.1, 0.15) is 37.2 Å². The van der Waals surface area contributed by atoms with Crippen LogP contribution < -0.4 is 28.4 Å². The molecular weight excluding hydrogens is 618 g/mol. The van der Waals surface area contributed by atoms with Crippen LogP contribution in [0.15, 0.2) is 90.3 Å². The van der Waals surface area contributed by atoms with Gasteiger partial charge in [-0.25, -0.2) is 4.98 Å². The van der Waals surface area contributed by atoms with Gasteiger partial charge >= 0.3 is 0 Å². The highest BCUT2D eigenvalue weighted by molar-refractivity contribution is 7.13. The molecule has 4 atom stereocenters. The zero-order chi connectivity index (χ0) is 33.5. The summed E-state index contributed by atoms with van der Waals surface area (Å²) in [5.74, 6) is 3.56. The Balaban J connectivity index is 1.19. The summed E-state index contributed by atoms with van der Waals surface area (Å²) in [7, 11) is 6.26. The Kier molecular flexibility index (Phi) is 10.9. The van der Waals surface area contributed by atoms with Crippen molar-refractivity contribution in [2.24, 2.45) is 0 Å². The fourth-order valence-electron chi connectivity index (χ4n) is 5.09. The molecular formula is C37H39NO8S. The monoisotopic (exact) mass is 657 g/mol. The van der Waals surface area contributed by atoms with Gasteiger partial charge in [0.15, 0.2) is 23.0 Å². The Labute approximate surface area is 278 Å². The van der Waals surface area contributed by atoms with Crippen LogP contribution in [0.25, 0.3) is 21.8 Å². The number of thiazole rings is 1. The number of rotatable bonds is 14. The summed E-state index contributed by atoms with van der Waals surface area (Å²) in [5.41, 5.74) is 4.10. The number of aliphatic hydroxyl groups excluding tert-OH is 2.